The van der Waals surface area contributed by atoms with Crippen molar-refractivity contribution in [3.05, 3.63) is 72.8 Å². The molecule has 0 atom stereocenters. The summed E-state index contributed by atoms with van der Waals surface area (Å²) in [6.45, 7) is 0. The fraction of sp³-hybridized carbons (Fsp3) is 0.167. The molecule has 4 aromatic carbocycles. The van der Waals surface area contributed by atoms with Gasteiger partial charge in [-0.1, -0.05) is 60.7 Å². The van der Waals surface area contributed by atoms with E-state index in [0.29, 0.717) is 0 Å². The molecule has 0 saturated heterocycles. The molecule has 0 unspecified atom stereocenters. The Morgan fingerprint density at radius 2 is 0.769 bits per heavy atom. The molecule has 0 saturated carbocycles. The van der Waals surface area contributed by atoms with Crippen molar-refractivity contribution in [1.29, 1.82) is 0 Å². The lowest BCUT2D eigenvalue weighted by molar-refractivity contribution is 1.14. The van der Waals surface area contributed by atoms with E-state index in [2.05, 4.69) is 111 Å². The quantitative estimate of drug-likeness (QED) is 0.465. The van der Waals surface area contributed by atoms with E-state index >= 15 is 0 Å². The van der Waals surface area contributed by atoms with Crippen LogP contribution in [0, 0.1) is 0 Å². The molecule has 2 nitrogen and oxygen atoms in total. The Kier molecular flexibility index (Phi) is 4.04. The molecule has 4 rings (SSSR count). The number of rotatable bonds is 3. The summed E-state index contributed by atoms with van der Waals surface area (Å²) in [4.78, 5) is 4.36. The summed E-state index contributed by atoms with van der Waals surface area (Å²) in [5.74, 6) is 0. The Bertz CT molecular complexity index is 1000. The molecular weight excluding hydrogens is 316 g/mol. The maximum absolute atomic E-state index is 2.26. The van der Waals surface area contributed by atoms with Crippen LogP contribution in [0.2, 0.25) is 0 Å². The standard InChI is InChI=1S/C24H24N2/c1-25(2)23-15-13-19(17-9-5-7-11-21(17)23)20-14-16-24(26(3)4)22-12-8-6-10-18(20)22/h5-16H,1-4H3. The van der Waals surface area contributed by atoms with Crippen molar-refractivity contribution < 1.29 is 0 Å². The second-order valence-corrected chi connectivity index (χ2v) is 7.14. The van der Waals surface area contributed by atoms with Crippen LogP contribution in [0.25, 0.3) is 32.7 Å². The first kappa shape index (κ1) is 16.5. The second-order valence-electron chi connectivity index (χ2n) is 7.14. The van der Waals surface area contributed by atoms with E-state index in [4.69, 9.17) is 0 Å². The minimum Gasteiger partial charge on any atom is -0.377 e. The van der Waals surface area contributed by atoms with Crippen LogP contribution in [0.15, 0.2) is 72.8 Å². The third-order valence-corrected chi connectivity index (χ3v) is 5.06. The van der Waals surface area contributed by atoms with E-state index in [-0.39, 0.29) is 0 Å². The van der Waals surface area contributed by atoms with Gasteiger partial charge in [0.05, 0.1) is 0 Å². The van der Waals surface area contributed by atoms with Gasteiger partial charge in [-0.2, -0.15) is 0 Å². The van der Waals surface area contributed by atoms with Crippen LogP contribution in [0.1, 0.15) is 0 Å². The van der Waals surface area contributed by atoms with Crippen LogP contribution in [0.3, 0.4) is 0 Å². The van der Waals surface area contributed by atoms with Crippen molar-refractivity contribution in [3.63, 3.8) is 0 Å². The largest absolute Gasteiger partial charge is 0.377 e. The summed E-state index contributed by atoms with van der Waals surface area (Å²) in [6, 6.07) is 26.3. The lowest BCUT2D eigenvalue weighted by Crippen LogP contribution is -2.09. The molecule has 0 aliphatic carbocycles. The number of hydrogen-bond donors (Lipinski definition) is 0. The molecule has 4 aromatic rings. The predicted octanol–water partition coefficient (Wildman–Crippen LogP) is 5.79. The molecule has 26 heavy (non-hydrogen) atoms. The zero-order chi connectivity index (χ0) is 18.3. The van der Waals surface area contributed by atoms with Crippen LogP contribution < -0.4 is 9.80 Å². The Balaban J connectivity index is 2.06. The molecule has 0 aromatic heterocycles. The van der Waals surface area contributed by atoms with Crippen molar-refractivity contribution in [2.45, 2.75) is 0 Å². The van der Waals surface area contributed by atoms with Crippen LogP contribution in [0.4, 0.5) is 11.4 Å². The van der Waals surface area contributed by atoms with Gasteiger partial charge >= 0.3 is 0 Å². The molecule has 0 radical (unpaired) electrons. The topological polar surface area (TPSA) is 6.48 Å². The fourth-order valence-corrected chi connectivity index (χ4v) is 3.82. The first-order valence-electron chi connectivity index (χ1n) is 8.96. The highest BCUT2D eigenvalue weighted by Gasteiger charge is 2.13. The van der Waals surface area contributed by atoms with Gasteiger partial charge in [-0.15, -0.1) is 0 Å². The van der Waals surface area contributed by atoms with E-state index in [1.807, 2.05) is 0 Å². The lowest BCUT2D eigenvalue weighted by Gasteiger charge is -2.20. The van der Waals surface area contributed by atoms with Crippen LogP contribution >= 0.6 is 0 Å². The van der Waals surface area contributed by atoms with E-state index < -0.39 is 0 Å². The first-order valence-corrected chi connectivity index (χ1v) is 8.96. The molecular formula is C24H24N2. The van der Waals surface area contributed by atoms with Gasteiger partial charge in [0.15, 0.2) is 0 Å². The maximum atomic E-state index is 2.26. The predicted molar refractivity (Wildman–Crippen MR) is 116 cm³/mol. The van der Waals surface area contributed by atoms with Crippen LogP contribution in [0.5, 0.6) is 0 Å². The summed E-state index contributed by atoms with van der Waals surface area (Å²) >= 11 is 0. The molecule has 0 bridgehead atoms. The fourth-order valence-electron chi connectivity index (χ4n) is 3.82. The molecule has 0 heterocycles. The van der Waals surface area contributed by atoms with Crippen LogP contribution in [-0.2, 0) is 0 Å². The van der Waals surface area contributed by atoms with Gasteiger partial charge in [-0.25, -0.2) is 0 Å². The van der Waals surface area contributed by atoms with Gasteiger partial charge in [-0.05, 0) is 34.0 Å². The third kappa shape index (κ3) is 2.59. The Morgan fingerprint density at radius 1 is 0.423 bits per heavy atom. The van der Waals surface area contributed by atoms with Gasteiger partial charge in [0.25, 0.3) is 0 Å². The SMILES string of the molecule is CN(C)c1ccc(-c2ccc(N(C)C)c3ccccc23)c2ccccc12. The summed E-state index contributed by atoms with van der Waals surface area (Å²) in [6.07, 6.45) is 0. The number of anilines is 2. The molecule has 0 aliphatic rings. The van der Waals surface area contributed by atoms with Crippen molar-refractivity contribution in [2.24, 2.45) is 0 Å². The van der Waals surface area contributed by atoms with E-state index in [9.17, 15) is 0 Å². The number of benzene rings is 4. The zero-order valence-corrected chi connectivity index (χ0v) is 15.8. The third-order valence-electron chi connectivity index (χ3n) is 5.06. The summed E-state index contributed by atoms with van der Waals surface area (Å²) in [5, 5.41) is 5.16. The van der Waals surface area contributed by atoms with E-state index in [1.54, 1.807) is 0 Å². The minimum atomic E-state index is 1.25. The van der Waals surface area contributed by atoms with E-state index in [1.165, 1.54) is 44.0 Å². The van der Waals surface area contributed by atoms with Gasteiger partial charge in [0.1, 0.15) is 0 Å². The van der Waals surface area contributed by atoms with Crippen molar-refractivity contribution >= 4 is 32.9 Å². The molecule has 0 aliphatic heterocycles. The van der Waals surface area contributed by atoms with Gasteiger partial charge in [0.2, 0.25) is 0 Å². The molecule has 0 amide bonds. The number of hydrogen-bond acceptors (Lipinski definition) is 2. The highest BCUT2D eigenvalue weighted by molar-refractivity contribution is 6.11. The molecule has 130 valence electrons. The molecule has 0 N–H and O–H groups in total. The summed E-state index contributed by atoms with van der Waals surface area (Å²) in [5.41, 5.74) is 5.07. The number of nitrogens with zero attached hydrogens (tertiary/aromatic N) is 2. The smallest absolute Gasteiger partial charge is 0.0441 e. The normalized spacial score (nSPS) is 11.1. The van der Waals surface area contributed by atoms with E-state index in [0.717, 1.165) is 0 Å². The average molecular weight is 340 g/mol. The van der Waals surface area contributed by atoms with Crippen molar-refractivity contribution in [1.82, 2.24) is 0 Å². The van der Waals surface area contributed by atoms with Crippen LogP contribution in [-0.4, -0.2) is 28.2 Å². The highest BCUT2D eigenvalue weighted by atomic mass is 15.1. The lowest BCUT2D eigenvalue weighted by atomic mass is 9.92. The zero-order valence-electron chi connectivity index (χ0n) is 15.8. The molecule has 0 spiro atoms. The maximum Gasteiger partial charge on any atom is 0.0441 e. The number of fused-ring (bicyclic) bond motifs is 2. The molecule has 2 heteroatoms. The Labute approximate surface area is 155 Å². The first-order chi connectivity index (χ1) is 12.6. The Morgan fingerprint density at radius 3 is 1.12 bits per heavy atom. The van der Waals surface area contributed by atoms with Crippen molar-refractivity contribution in [3.8, 4) is 11.1 Å². The van der Waals surface area contributed by atoms with Gasteiger partial charge in [-0.3, -0.25) is 0 Å². The summed E-state index contributed by atoms with van der Waals surface area (Å²) in [7, 11) is 8.40. The van der Waals surface area contributed by atoms with Crippen molar-refractivity contribution in [2.75, 3.05) is 38.0 Å². The monoisotopic (exact) mass is 340 g/mol. The average Bonchev–Trinajstić information content (AvgIpc) is 2.66. The molecule has 0 fully saturated rings. The van der Waals surface area contributed by atoms with Gasteiger partial charge in [0, 0.05) is 50.3 Å². The minimum absolute atomic E-state index is 1.25. The Hall–Kier alpha value is -3.00. The summed E-state index contributed by atoms with van der Waals surface area (Å²) < 4.78 is 0. The second kappa shape index (κ2) is 6.38. The highest BCUT2D eigenvalue weighted by Crippen LogP contribution is 2.39. The van der Waals surface area contributed by atoms with Gasteiger partial charge < -0.3 is 9.80 Å².